The highest BCUT2D eigenvalue weighted by molar-refractivity contribution is 5.81. The van der Waals surface area contributed by atoms with Gasteiger partial charge in [0.05, 0.1) is 11.0 Å². The molecule has 1 aliphatic carbocycles. The van der Waals surface area contributed by atoms with Gasteiger partial charge in [0.15, 0.2) is 0 Å². The molecule has 1 aromatic rings. The van der Waals surface area contributed by atoms with Gasteiger partial charge in [-0.05, 0) is 19.8 Å². The van der Waals surface area contributed by atoms with Crippen molar-refractivity contribution < 1.29 is 9.72 Å². The monoisotopic (exact) mass is 279 g/mol. The lowest BCUT2D eigenvalue weighted by Crippen LogP contribution is -2.30. The summed E-state index contributed by atoms with van der Waals surface area (Å²) in [7, 11) is 1.66. The Morgan fingerprint density at radius 2 is 2.15 bits per heavy atom. The first kappa shape index (κ1) is 12.9. The molecule has 1 N–H and O–H groups in total. The Kier molecular flexibility index (Phi) is 2.88. The molecular weight excluding hydrogens is 262 g/mol. The third-order valence-electron chi connectivity index (χ3n) is 3.86. The van der Waals surface area contributed by atoms with Gasteiger partial charge >= 0.3 is 5.69 Å². The summed E-state index contributed by atoms with van der Waals surface area (Å²) >= 11 is 0. The number of carbonyl (C=O) groups is 1. The molecule has 0 aromatic carbocycles. The summed E-state index contributed by atoms with van der Waals surface area (Å²) in [6.45, 7) is 2.23. The molecule has 1 unspecified atom stereocenters. The van der Waals surface area contributed by atoms with E-state index >= 15 is 0 Å². The van der Waals surface area contributed by atoms with Gasteiger partial charge in [-0.2, -0.15) is 5.10 Å². The number of rotatable bonds is 4. The molecule has 2 fully saturated rings. The fourth-order valence-corrected chi connectivity index (χ4v) is 2.79. The average molecular weight is 279 g/mol. The van der Waals surface area contributed by atoms with Crippen LogP contribution < -0.4 is 5.32 Å². The van der Waals surface area contributed by atoms with Crippen molar-refractivity contribution in [3.63, 3.8) is 0 Å². The van der Waals surface area contributed by atoms with Gasteiger partial charge in [-0.15, -0.1) is 0 Å². The van der Waals surface area contributed by atoms with E-state index in [-0.39, 0.29) is 17.6 Å². The molecule has 0 bridgehead atoms. The zero-order valence-electron chi connectivity index (χ0n) is 11.5. The van der Waals surface area contributed by atoms with Crippen molar-refractivity contribution in [3.05, 3.63) is 15.8 Å². The number of carbonyl (C=O) groups excluding carboxylic acids is 1. The Hall–Kier alpha value is -2.12. The minimum absolute atomic E-state index is 0.00943. The molecule has 2 heterocycles. The summed E-state index contributed by atoms with van der Waals surface area (Å²) in [5.74, 6) is 0.509. The quantitative estimate of drug-likeness (QED) is 0.650. The van der Waals surface area contributed by atoms with E-state index < -0.39 is 4.92 Å². The second-order valence-electron chi connectivity index (χ2n) is 5.49. The van der Waals surface area contributed by atoms with E-state index in [1.54, 1.807) is 14.0 Å². The van der Waals surface area contributed by atoms with Gasteiger partial charge in [0.1, 0.15) is 5.69 Å². The molecule has 0 radical (unpaired) electrons. The van der Waals surface area contributed by atoms with Gasteiger partial charge in [0, 0.05) is 26.1 Å². The van der Waals surface area contributed by atoms with Crippen molar-refractivity contribution in [3.8, 4) is 0 Å². The largest absolute Gasteiger partial charge is 0.359 e. The maximum Gasteiger partial charge on any atom is 0.333 e. The van der Waals surface area contributed by atoms with E-state index in [0.29, 0.717) is 30.5 Å². The number of amides is 1. The lowest BCUT2D eigenvalue weighted by Gasteiger charge is -2.16. The second-order valence-corrected chi connectivity index (χ2v) is 5.49. The highest BCUT2D eigenvalue weighted by atomic mass is 16.6. The van der Waals surface area contributed by atoms with Crippen LogP contribution in [0.15, 0.2) is 0 Å². The van der Waals surface area contributed by atoms with Gasteiger partial charge in [0.2, 0.25) is 11.7 Å². The number of anilines is 1. The van der Waals surface area contributed by atoms with Crippen LogP contribution in [0.2, 0.25) is 0 Å². The number of hydrogen-bond acceptors (Lipinski definition) is 5. The fraction of sp³-hybridized carbons (Fsp3) is 0.667. The fourth-order valence-electron chi connectivity index (χ4n) is 2.79. The molecule has 1 atom stereocenters. The van der Waals surface area contributed by atoms with E-state index in [1.807, 2.05) is 4.90 Å². The van der Waals surface area contributed by atoms with Crippen LogP contribution in [0.3, 0.4) is 0 Å². The predicted molar refractivity (Wildman–Crippen MR) is 71.4 cm³/mol. The van der Waals surface area contributed by atoms with Crippen LogP contribution in [-0.4, -0.2) is 44.1 Å². The molecule has 1 saturated heterocycles. The number of nitro groups is 1. The molecule has 1 aliphatic heterocycles. The zero-order valence-corrected chi connectivity index (χ0v) is 11.5. The highest BCUT2D eigenvalue weighted by Crippen LogP contribution is 2.33. The topological polar surface area (TPSA) is 93.3 Å². The van der Waals surface area contributed by atoms with Crippen molar-refractivity contribution in [1.82, 2.24) is 14.7 Å². The number of aromatic nitrogens is 2. The lowest BCUT2D eigenvalue weighted by atomic mass is 10.2. The molecule has 1 saturated carbocycles. The van der Waals surface area contributed by atoms with Gasteiger partial charge in [0.25, 0.3) is 0 Å². The van der Waals surface area contributed by atoms with Crippen LogP contribution in [0.5, 0.6) is 0 Å². The normalized spacial score (nSPS) is 22.4. The Balaban J connectivity index is 1.78. The molecule has 8 heteroatoms. The average Bonchev–Trinajstić information content (AvgIpc) is 3.06. The number of nitrogens with one attached hydrogen (secondary N) is 1. The van der Waals surface area contributed by atoms with Crippen molar-refractivity contribution in [2.24, 2.45) is 7.05 Å². The first-order valence-corrected chi connectivity index (χ1v) is 6.71. The Morgan fingerprint density at radius 3 is 2.75 bits per heavy atom. The molecule has 20 heavy (non-hydrogen) atoms. The Labute approximate surface area is 115 Å². The van der Waals surface area contributed by atoms with Crippen LogP contribution in [0.25, 0.3) is 0 Å². The molecule has 1 amide bonds. The number of nitrogens with zero attached hydrogens (tertiary/aromatic N) is 4. The zero-order chi connectivity index (χ0) is 14.4. The number of likely N-dealkylation sites (tertiary alicyclic amines) is 1. The standard InChI is InChI=1S/C12H17N5O3/c1-7-11(17(19)20)12(15(2)14-7)13-8-5-10(18)16(6-8)9-3-4-9/h8-9,13H,3-6H2,1-2H3. The maximum atomic E-state index is 11.9. The predicted octanol–water partition coefficient (Wildman–Crippen LogP) is 0.812. The summed E-state index contributed by atoms with van der Waals surface area (Å²) in [4.78, 5) is 24.5. The van der Waals surface area contributed by atoms with Gasteiger partial charge < -0.3 is 10.2 Å². The van der Waals surface area contributed by atoms with E-state index in [2.05, 4.69) is 10.4 Å². The van der Waals surface area contributed by atoms with E-state index in [9.17, 15) is 14.9 Å². The van der Waals surface area contributed by atoms with Crippen LogP contribution >= 0.6 is 0 Å². The SMILES string of the molecule is Cc1nn(C)c(NC2CC(=O)N(C3CC3)C2)c1[N+](=O)[O-]. The highest BCUT2D eigenvalue weighted by Gasteiger charge is 2.40. The molecule has 0 spiro atoms. The maximum absolute atomic E-state index is 11.9. The molecule has 3 rings (SSSR count). The molecule has 1 aromatic heterocycles. The van der Waals surface area contributed by atoms with Crippen LogP contribution in [0, 0.1) is 17.0 Å². The van der Waals surface area contributed by atoms with Gasteiger partial charge in [-0.1, -0.05) is 0 Å². The summed E-state index contributed by atoms with van der Waals surface area (Å²) < 4.78 is 1.47. The second kappa shape index (κ2) is 4.46. The van der Waals surface area contributed by atoms with E-state index in [4.69, 9.17) is 0 Å². The third kappa shape index (κ3) is 2.10. The molecular formula is C12H17N5O3. The molecule has 8 nitrogen and oxygen atoms in total. The van der Waals surface area contributed by atoms with Crippen molar-refractivity contribution in [1.29, 1.82) is 0 Å². The Bertz CT molecular complexity index is 578. The van der Waals surface area contributed by atoms with E-state index in [1.165, 1.54) is 4.68 Å². The minimum atomic E-state index is -0.430. The summed E-state index contributed by atoms with van der Waals surface area (Å²) in [6.07, 6.45) is 2.53. The third-order valence-corrected chi connectivity index (χ3v) is 3.86. The smallest absolute Gasteiger partial charge is 0.333 e. The first-order chi connectivity index (χ1) is 9.47. The summed E-state index contributed by atoms with van der Waals surface area (Å²) in [5, 5.41) is 18.3. The summed E-state index contributed by atoms with van der Waals surface area (Å²) in [5.41, 5.74) is 0.369. The lowest BCUT2D eigenvalue weighted by molar-refractivity contribution is -0.384. The van der Waals surface area contributed by atoms with Crippen molar-refractivity contribution in [2.45, 2.75) is 38.3 Å². The van der Waals surface area contributed by atoms with Crippen molar-refractivity contribution in [2.75, 3.05) is 11.9 Å². The van der Waals surface area contributed by atoms with Crippen LogP contribution in [0.1, 0.15) is 25.0 Å². The Morgan fingerprint density at radius 1 is 1.45 bits per heavy atom. The van der Waals surface area contributed by atoms with Gasteiger partial charge in [-0.25, -0.2) is 4.68 Å². The number of hydrogen-bond donors (Lipinski definition) is 1. The van der Waals surface area contributed by atoms with Gasteiger partial charge in [-0.3, -0.25) is 14.9 Å². The first-order valence-electron chi connectivity index (χ1n) is 6.71. The molecule has 108 valence electrons. The minimum Gasteiger partial charge on any atom is -0.359 e. The van der Waals surface area contributed by atoms with Crippen LogP contribution in [0.4, 0.5) is 11.5 Å². The van der Waals surface area contributed by atoms with Crippen LogP contribution in [-0.2, 0) is 11.8 Å². The molecule has 2 aliphatic rings. The van der Waals surface area contributed by atoms with E-state index in [0.717, 1.165) is 12.8 Å². The van der Waals surface area contributed by atoms with Crippen molar-refractivity contribution >= 4 is 17.4 Å². The number of aryl methyl sites for hydroxylation is 2. The summed E-state index contributed by atoms with van der Waals surface area (Å²) in [6, 6.07) is 0.300.